The van der Waals surface area contributed by atoms with Crippen LogP contribution in [0.5, 0.6) is 0 Å². The van der Waals surface area contributed by atoms with Gasteiger partial charge < -0.3 is 9.84 Å². The zero-order chi connectivity index (χ0) is 19.3. The van der Waals surface area contributed by atoms with Crippen LogP contribution in [0.25, 0.3) is 17.0 Å². The van der Waals surface area contributed by atoms with Gasteiger partial charge in [0.25, 0.3) is 5.91 Å². The van der Waals surface area contributed by atoms with Crippen molar-refractivity contribution in [2.24, 2.45) is 0 Å². The highest BCUT2D eigenvalue weighted by molar-refractivity contribution is 9.10. The molecular weight excluding hydrogens is 431 g/mol. The van der Waals surface area contributed by atoms with Crippen LogP contribution in [0.4, 0.5) is 10.1 Å². The molecule has 1 amide bonds. The van der Waals surface area contributed by atoms with Gasteiger partial charge in [-0.1, -0.05) is 17.3 Å². The molecule has 0 saturated heterocycles. The summed E-state index contributed by atoms with van der Waals surface area (Å²) in [5.74, 6) is 0.0414. The van der Waals surface area contributed by atoms with Gasteiger partial charge in [0.05, 0.1) is 18.3 Å². The molecule has 1 aliphatic rings. The SMILES string of the molecule is O=C(Nc1cccc(-c2noc([C@H]3C[C@@H]3F)n2)c1)c1cnc2cnc(Br)cn12. The van der Waals surface area contributed by atoms with Gasteiger partial charge in [-0.2, -0.15) is 4.98 Å². The number of benzene rings is 1. The van der Waals surface area contributed by atoms with E-state index < -0.39 is 6.17 Å². The second-order valence-electron chi connectivity index (χ2n) is 6.43. The number of carbonyl (C=O) groups is 1. The Hall–Kier alpha value is -3.14. The Kier molecular flexibility index (Phi) is 3.93. The van der Waals surface area contributed by atoms with Crippen LogP contribution in [0, 0.1) is 0 Å². The van der Waals surface area contributed by atoms with Crippen molar-refractivity contribution in [3.63, 3.8) is 0 Å². The standard InChI is InChI=1S/C18H12BrFN6O2/c19-14-8-26-13(6-22-15(26)7-21-14)17(27)23-10-3-1-2-9(4-10)16-24-18(28-25-16)11-5-12(11)20/h1-4,6-8,11-12H,5H2,(H,23,27)/t11-,12-/m0/s1. The first-order valence-corrected chi connectivity index (χ1v) is 9.26. The van der Waals surface area contributed by atoms with Crippen molar-refractivity contribution in [3.8, 4) is 11.4 Å². The maximum Gasteiger partial charge on any atom is 0.274 e. The van der Waals surface area contributed by atoms with E-state index in [1.165, 1.54) is 6.20 Å². The van der Waals surface area contributed by atoms with Crippen molar-refractivity contribution < 1.29 is 13.7 Å². The minimum Gasteiger partial charge on any atom is -0.339 e. The first-order valence-electron chi connectivity index (χ1n) is 8.46. The number of carbonyl (C=O) groups excluding carboxylic acids is 1. The van der Waals surface area contributed by atoms with Crippen molar-refractivity contribution >= 4 is 33.2 Å². The van der Waals surface area contributed by atoms with Gasteiger partial charge in [0.1, 0.15) is 16.5 Å². The largest absolute Gasteiger partial charge is 0.339 e. The van der Waals surface area contributed by atoms with Gasteiger partial charge in [-0.3, -0.25) is 9.20 Å². The summed E-state index contributed by atoms with van der Waals surface area (Å²) in [6, 6.07) is 7.04. The highest BCUT2D eigenvalue weighted by Crippen LogP contribution is 2.43. The van der Waals surface area contributed by atoms with Gasteiger partial charge in [0, 0.05) is 17.4 Å². The van der Waals surface area contributed by atoms with E-state index in [9.17, 15) is 9.18 Å². The molecule has 0 spiro atoms. The van der Waals surface area contributed by atoms with E-state index in [2.05, 4.69) is 41.4 Å². The normalized spacial score (nSPS) is 18.4. The van der Waals surface area contributed by atoms with Crippen LogP contribution in [0.15, 0.2) is 52.0 Å². The summed E-state index contributed by atoms with van der Waals surface area (Å²) >= 11 is 3.29. The quantitative estimate of drug-likeness (QED) is 0.518. The van der Waals surface area contributed by atoms with E-state index >= 15 is 0 Å². The lowest BCUT2D eigenvalue weighted by Gasteiger charge is -2.06. The number of aromatic nitrogens is 5. The Morgan fingerprint density at radius 2 is 2.18 bits per heavy atom. The van der Waals surface area contributed by atoms with E-state index in [4.69, 9.17) is 4.52 Å². The smallest absolute Gasteiger partial charge is 0.274 e. The molecule has 0 unspecified atom stereocenters. The Labute approximate surface area is 165 Å². The van der Waals surface area contributed by atoms with Gasteiger partial charge in [0.15, 0.2) is 5.65 Å². The summed E-state index contributed by atoms with van der Waals surface area (Å²) in [5.41, 5.74) is 2.15. The topological polar surface area (TPSA) is 98.2 Å². The van der Waals surface area contributed by atoms with E-state index in [1.54, 1.807) is 41.1 Å². The van der Waals surface area contributed by atoms with Crippen LogP contribution < -0.4 is 5.32 Å². The van der Waals surface area contributed by atoms with Crippen molar-refractivity contribution in [2.45, 2.75) is 18.5 Å². The van der Waals surface area contributed by atoms with Crippen LogP contribution in [0.2, 0.25) is 0 Å². The molecule has 0 aliphatic heterocycles. The Bertz CT molecular complexity index is 1210. The second-order valence-corrected chi connectivity index (χ2v) is 7.24. The third-order valence-electron chi connectivity index (χ3n) is 4.45. The number of halogens is 2. The zero-order valence-corrected chi connectivity index (χ0v) is 15.8. The monoisotopic (exact) mass is 442 g/mol. The molecule has 3 aromatic heterocycles. The predicted octanol–water partition coefficient (Wildman–Crippen LogP) is 3.62. The Morgan fingerprint density at radius 3 is 3.00 bits per heavy atom. The van der Waals surface area contributed by atoms with Crippen LogP contribution >= 0.6 is 15.9 Å². The van der Waals surface area contributed by atoms with Gasteiger partial charge in [-0.25, -0.2) is 14.4 Å². The Morgan fingerprint density at radius 1 is 1.32 bits per heavy atom. The number of hydrogen-bond donors (Lipinski definition) is 1. The van der Waals surface area contributed by atoms with Crippen LogP contribution in [0.1, 0.15) is 28.7 Å². The predicted molar refractivity (Wildman–Crippen MR) is 101 cm³/mol. The van der Waals surface area contributed by atoms with Crippen molar-refractivity contribution in [1.29, 1.82) is 0 Å². The molecule has 2 atom stereocenters. The molecule has 8 nitrogen and oxygen atoms in total. The first kappa shape index (κ1) is 17.0. The van der Waals surface area contributed by atoms with Gasteiger partial charge >= 0.3 is 0 Å². The third kappa shape index (κ3) is 3.05. The highest BCUT2D eigenvalue weighted by Gasteiger charge is 2.43. The van der Waals surface area contributed by atoms with E-state index in [0.29, 0.717) is 45.3 Å². The lowest BCUT2D eigenvalue weighted by molar-refractivity contribution is 0.102. The Balaban J connectivity index is 1.39. The van der Waals surface area contributed by atoms with E-state index in [0.717, 1.165) is 0 Å². The van der Waals surface area contributed by atoms with Crippen molar-refractivity contribution in [1.82, 2.24) is 24.5 Å². The summed E-state index contributed by atoms with van der Waals surface area (Å²) in [6.45, 7) is 0. The molecular formula is C18H12BrFN6O2. The van der Waals surface area contributed by atoms with Crippen molar-refractivity contribution in [2.75, 3.05) is 5.32 Å². The molecule has 5 rings (SSSR count). The van der Waals surface area contributed by atoms with E-state index in [-0.39, 0.29) is 11.8 Å². The molecule has 3 heterocycles. The molecule has 4 aromatic rings. The lowest BCUT2D eigenvalue weighted by atomic mass is 10.2. The molecule has 1 fully saturated rings. The molecule has 1 aromatic carbocycles. The number of alkyl halides is 1. The number of nitrogens with zero attached hydrogens (tertiary/aromatic N) is 5. The van der Waals surface area contributed by atoms with Gasteiger partial charge in [-0.15, -0.1) is 0 Å². The number of nitrogens with one attached hydrogen (secondary N) is 1. The first-order chi connectivity index (χ1) is 13.6. The van der Waals surface area contributed by atoms with Gasteiger partial charge in [-0.05, 0) is 34.5 Å². The summed E-state index contributed by atoms with van der Waals surface area (Å²) in [4.78, 5) is 25.2. The lowest BCUT2D eigenvalue weighted by Crippen LogP contribution is -2.14. The number of hydrogen-bond acceptors (Lipinski definition) is 6. The van der Waals surface area contributed by atoms with Crippen molar-refractivity contribution in [3.05, 3.63) is 59.0 Å². The number of imidazole rings is 1. The van der Waals surface area contributed by atoms with Gasteiger partial charge in [0.2, 0.25) is 11.7 Å². The second kappa shape index (κ2) is 6.48. The molecule has 28 heavy (non-hydrogen) atoms. The molecule has 0 bridgehead atoms. The molecule has 1 aliphatic carbocycles. The minimum atomic E-state index is -0.903. The average molecular weight is 443 g/mol. The number of amides is 1. The summed E-state index contributed by atoms with van der Waals surface area (Å²) < 4.78 is 20.5. The molecule has 0 radical (unpaired) electrons. The summed E-state index contributed by atoms with van der Waals surface area (Å²) in [7, 11) is 0. The number of fused-ring (bicyclic) bond motifs is 1. The fraction of sp³-hybridized carbons (Fsp3) is 0.167. The molecule has 1 N–H and O–H groups in total. The maximum atomic E-state index is 13.2. The zero-order valence-electron chi connectivity index (χ0n) is 14.2. The van der Waals surface area contributed by atoms with E-state index in [1.807, 2.05) is 0 Å². The van der Waals surface area contributed by atoms with Crippen LogP contribution in [-0.2, 0) is 0 Å². The fourth-order valence-electron chi connectivity index (χ4n) is 2.89. The number of rotatable bonds is 4. The number of anilines is 1. The molecule has 140 valence electrons. The average Bonchev–Trinajstić information content (AvgIpc) is 3.10. The molecule has 1 saturated carbocycles. The maximum absolute atomic E-state index is 13.2. The van der Waals surface area contributed by atoms with Crippen LogP contribution in [-0.4, -0.2) is 36.6 Å². The summed E-state index contributed by atoms with van der Waals surface area (Å²) in [5, 5.41) is 6.74. The summed E-state index contributed by atoms with van der Waals surface area (Å²) in [6.07, 6.45) is 4.24. The molecule has 10 heteroatoms. The highest BCUT2D eigenvalue weighted by atomic mass is 79.9. The fourth-order valence-corrected chi connectivity index (χ4v) is 3.19. The minimum absolute atomic E-state index is 0.298. The third-order valence-corrected chi connectivity index (χ3v) is 4.86. The van der Waals surface area contributed by atoms with Crippen LogP contribution in [0.3, 0.4) is 0 Å².